The van der Waals surface area contributed by atoms with E-state index in [-0.39, 0.29) is 5.56 Å². The molecule has 0 saturated carbocycles. The third kappa shape index (κ3) is 4.82. The number of aromatic nitrogens is 2. The van der Waals surface area contributed by atoms with Gasteiger partial charge in [-0.25, -0.2) is 0 Å². The zero-order chi connectivity index (χ0) is 22.5. The fourth-order valence-corrected chi connectivity index (χ4v) is 4.02. The predicted molar refractivity (Wildman–Crippen MR) is 124 cm³/mol. The number of benzene rings is 2. The van der Waals surface area contributed by atoms with Crippen molar-refractivity contribution in [1.82, 2.24) is 20.6 Å². The normalized spacial score (nSPS) is 10.6. The number of carbonyl (C=O) groups excluding carboxylic acids is 2. The summed E-state index contributed by atoms with van der Waals surface area (Å²) in [4.78, 5) is 26.4. The van der Waals surface area contributed by atoms with E-state index in [1.807, 2.05) is 47.8 Å². The molecular formula is C23H19ClN4O3S. The van der Waals surface area contributed by atoms with Crippen molar-refractivity contribution in [3.63, 3.8) is 0 Å². The lowest BCUT2D eigenvalue weighted by Crippen LogP contribution is -2.41. The maximum absolute atomic E-state index is 12.9. The first-order chi connectivity index (χ1) is 15.5. The molecule has 0 atom stereocenters. The molecule has 2 N–H and O–H groups in total. The molecule has 7 nitrogen and oxygen atoms in total. The molecule has 0 aliphatic heterocycles. The molecule has 0 aliphatic carbocycles. The summed E-state index contributed by atoms with van der Waals surface area (Å²) in [6.45, 7) is 0.515. The summed E-state index contributed by atoms with van der Waals surface area (Å²) in [5.41, 5.74) is 7.10. The van der Waals surface area contributed by atoms with E-state index in [1.54, 1.807) is 16.9 Å². The number of hydrazine groups is 1. The SMILES string of the molecule is COc1cc(Cl)ccc1C(=O)NNC(=O)c1cn(Cc2ccccc2)nc1-c1cccs1. The minimum absolute atomic E-state index is 0.246. The highest BCUT2D eigenvalue weighted by atomic mass is 35.5. The molecule has 162 valence electrons. The average Bonchev–Trinajstić information content (AvgIpc) is 3.48. The molecule has 0 radical (unpaired) electrons. The molecule has 2 amide bonds. The van der Waals surface area contributed by atoms with Crippen LogP contribution in [0.3, 0.4) is 0 Å². The summed E-state index contributed by atoms with van der Waals surface area (Å²) in [5.74, 6) is -0.700. The molecular weight excluding hydrogens is 448 g/mol. The Bertz CT molecular complexity index is 1240. The van der Waals surface area contributed by atoms with Gasteiger partial charge in [0.25, 0.3) is 11.8 Å². The lowest BCUT2D eigenvalue weighted by molar-refractivity contribution is 0.0845. The van der Waals surface area contributed by atoms with Gasteiger partial charge in [0.2, 0.25) is 0 Å². The second kappa shape index (κ2) is 9.67. The number of thiophene rings is 1. The summed E-state index contributed by atoms with van der Waals surface area (Å²) in [5, 5.41) is 6.97. The highest BCUT2D eigenvalue weighted by Gasteiger charge is 2.20. The van der Waals surface area contributed by atoms with Crippen molar-refractivity contribution in [2.24, 2.45) is 0 Å². The highest BCUT2D eigenvalue weighted by Crippen LogP contribution is 2.27. The molecule has 2 aromatic heterocycles. The van der Waals surface area contributed by atoms with E-state index < -0.39 is 11.8 Å². The second-order valence-electron chi connectivity index (χ2n) is 6.80. The van der Waals surface area contributed by atoms with Crippen LogP contribution in [0.2, 0.25) is 5.02 Å². The van der Waals surface area contributed by atoms with E-state index in [2.05, 4.69) is 16.0 Å². The Labute approximate surface area is 193 Å². The maximum atomic E-state index is 12.9. The fraction of sp³-hybridized carbons (Fsp3) is 0.0870. The van der Waals surface area contributed by atoms with Gasteiger partial charge in [-0.1, -0.05) is 48.0 Å². The van der Waals surface area contributed by atoms with E-state index in [1.165, 1.54) is 30.6 Å². The van der Waals surface area contributed by atoms with E-state index >= 15 is 0 Å². The van der Waals surface area contributed by atoms with Crippen LogP contribution in [-0.2, 0) is 6.54 Å². The van der Waals surface area contributed by atoms with Crippen LogP contribution in [0.1, 0.15) is 26.3 Å². The van der Waals surface area contributed by atoms with Crippen LogP contribution >= 0.6 is 22.9 Å². The van der Waals surface area contributed by atoms with Crippen molar-refractivity contribution in [2.45, 2.75) is 6.54 Å². The molecule has 0 aliphatic rings. The Morgan fingerprint density at radius 3 is 2.47 bits per heavy atom. The first-order valence-corrected chi connectivity index (χ1v) is 10.9. The van der Waals surface area contributed by atoms with E-state index in [4.69, 9.17) is 16.3 Å². The highest BCUT2D eigenvalue weighted by molar-refractivity contribution is 7.13. The minimum Gasteiger partial charge on any atom is -0.496 e. The molecule has 0 unspecified atom stereocenters. The van der Waals surface area contributed by atoms with E-state index in [0.29, 0.717) is 28.6 Å². The Balaban J connectivity index is 1.54. The lowest BCUT2D eigenvalue weighted by Gasteiger charge is -2.10. The van der Waals surface area contributed by atoms with Crippen LogP contribution < -0.4 is 15.6 Å². The van der Waals surface area contributed by atoms with Crippen molar-refractivity contribution in [1.29, 1.82) is 0 Å². The monoisotopic (exact) mass is 466 g/mol. The second-order valence-corrected chi connectivity index (χ2v) is 8.19. The molecule has 2 heterocycles. The Hall–Kier alpha value is -3.62. The molecule has 0 spiro atoms. The van der Waals surface area contributed by atoms with Crippen LogP contribution in [0.15, 0.2) is 72.2 Å². The lowest BCUT2D eigenvalue weighted by atomic mass is 10.2. The van der Waals surface area contributed by atoms with Gasteiger partial charge in [-0.3, -0.25) is 25.1 Å². The molecule has 2 aromatic carbocycles. The van der Waals surface area contributed by atoms with Crippen molar-refractivity contribution < 1.29 is 14.3 Å². The van der Waals surface area contributed by atoms with Gasteiger partial charge < -0.3 is 4.74 Å². The first kappa shape index (κ1) is 21.6. The first-order valence-electron chi connectivity index (χ1n) is 9.64. The predicted octanol–water partition coefficient (Wildman–Crippen LogP) is 4.40. The molecule has 32 heavy (non-hydrogen) atoms. The summed E-state index contributed by atoms with van der Waals surface area (Å²) >= 11 is 7.43. The number of halogens is 1. The van der Waals surface area contributed by atoms with Gasteiger partial charge in [0.05, 0.1) is 29.7 Å². The quantitative estimate of drug-likeness (QED) is 0.412. The number of nitrogens with one attached hydrogen (secondary N) is 2. The molecule has 9 heteroatoms. The van der Waals surface area contributed by atoms with Crippen LogP contribution in [0.25, 0.3) is 10.6 Å². The summed E-state index contributed by atoms with van der Waals surface area (Å²) in [6.07, 6.45) is 1.67. The zero-order valence-electron chi connectivity index (χ0n) is 17.0. The molecule has 4 aromatic rings. The number of carbonyl (C=O) groups is 2. The van der Waals surface area contributed by atoms with Crippen LogP contribution in [0.4, 0.5) is 0 Å². The van der Waals surface area contributed by atoms with Gasteiger partial charge >= 0.3 is 0 Å². The molecule has 0 saturated heterocycles. The number of hydrogen-bond acceptors (Lipinski definition) is 5. The number of amides is 2. The molecule has 4 rings (SSSR count). The van der Waals surface area contributed by atoms with Crippen molar-refractivity contribution in [2.75, 3.05) is 7.11 Å². The number of methoxy groups -OCH3 is 1. The minimum atomic E-state index is -0.527. The molecule has 0 bridgehead atoms. The smallest absolute Gasteiger partial charge is 0.273 e. The average molecular weight is 467 g/mol. The van der Waals surface area contributed by atoms with Gasteiger partial charge in [0.1, 0.15) is 11.4 Å². The zero-order valence-corrected chi connectivity index (χ0v) is 18.6. The summed E-state index contributed by atoms with van der Waals surface area (Å²) < 4.78 is 6.91. The van der Waals surface area contributed by atoms with Gasteiger partial charge in [-0.2, -0.15) is 5.10 Å². The number of rotatable bonds is 6. The standard InChI is InChI=1S/C23H19ClN4O3S/c1-31-19-12-16(24)9-10-17(19)22(29)25-26-23(30)18-14-28(13-15-6-3-2-4-7-15)27-21(18)20-8-5-11-32-20/h2-12,14H,13H2,1H3,(H,25,29)(H,26,30). The Morgan fingerprint density at radius 1 is 1.03 bits per heavy atom. The largest absolute Gasteiger partial charge is 0.496 e. The van der Waals surface area contributed by atoms with Crippen LogP contribution in [-0.4, -0.2) is 28.7 Å². The van der Waals surface area contributed by atoms with Gasteiger partial charge in [-0.05, 0) is 35.2 Å². The number of nitrogens with zero attached hydrogens (tertiary/aromatic N) is 2. The van der Waals surface area contributed by atoms with Crippen molar-refractivity contribution in [3.8, 4) is 16.3 Å². The van der Waals surface area contributed by atoms with E-state index in [9.17, 15) is 9.59 Å². The van der Waals surface area contributed by atoms with Crippen molar-refractivity contribution >= 4 is 34.8 Å². The summed E-state index contributed by atoms with van der Waals surface area (Å²) in [6, 6.07) is 18.3. The number of hydrogen-bond donors (Lipinski definition) is 2. The summed E-state index contributed by atoms with van der Waals surface area (Å²) in [7, 11) is 1.44. The van der Waals surface area contributed by atoms with Crippen molar-refractivity contribution in [3.05, 3.63) is 94.0 Å². The van der Waals surface area contributed by atoms with Gasteiger partial charge in [0.15, 0.2) is 0 Å². The third-order valence-electron chi connectivity index (χ3n) is 4.65. The fourth-order valence-electron chi connectivity index (χ4n) is 3.14. The van der Waals surface area contributed by atoms with Gasteiger partial charge in [-0.15, -0.1) is 11.3 Å². The Morgan fingerprint density at radius 2 is 1.78 bits per heavy atom. The molecule has 0 fully saturated rings. The van der Waals surface area contributed by atoms with Crippen LogP contribution in [0, 0.1) is 0 Å². The number of ether oxygens (including phenoxy) is 1. The van der Waals surface area contributed by atoms with E-state index in [0.717, 1.165) is 10.4 Å². The maximum Gasteiger partial charge on any atom is 0.273 e. The van der Waals surface area contributed by atoms with Gasteiger partial charge in [0, 0.05) is 11.2 Å². The topological polar surface area (TPSA) is 85.3 Å². The third-order valence-corrected chi connectivity index (χ3v) is 5.76. The Kier molecular flexibility index (Phi) is 6.53. The van der Waals surface area contributed by atoms with Crippen LogP contribution in [0.5, 0.6) is 5.75 Å².